The molecule has 8 heteroatoms. The molecule has 5 nitrogen and oxygen atoms in total. The van der Waals surface area contributed by atoms with Gasteiger partial charge >= 0.3 is 12.1 Å². The molecular weight excluding hydrogens is 435 g/mol. The minimum absolute atomic E-state index is 0.0416. The molecule has 3 rings (SSSR count). The van der Waals surface area contributed by atoms with Crippen LogP contribution in [-0.2, 0) is 20.5 Å². The predicted octanol–water partition coefficient (Wildman–Crippen LogP) is 4.23. The van der Waals surface area contributed by atoms with Crippen LogP contribution in [-0.4, -0.2) is 30.1 Å². The highest BCUT2D eigenvalue weighted by Gasteiger charge is 2.35. The third kappa shape index (κ3) is 5.78. The van der Waals surface area contributed by atoms with E-state index in [1.165, 1.54) is 7.11 Å². The normalized spacial score (nSPS) is 13.3. The molecule has 3 aromatic rings. The summed E-state index contributed by atoms with van der Waals surface area (Å²) in [4.78, 5) is 25.5. The van der Waals surface area contributed by atoms with Crippen LogP contribution >= 0.6 is 0 Å². The quantitative estimate of drug-likeness (QED) is 0.521. The average Bonchev–Trinajstić information content (AvgIpc) is 2.83. The Morgan fingerprint density at radius 3 is 1.73 bits per heavy atom. The fourth-order valence-electron chi connectivity index (χ4n) is 3.54. The molecule has 0 heterocycles. The number of halogens is 3. The van der Waals surface area contributed by atoms with Crippen LogP contribution in [0.5, 0.6) is 0 Å². The van der Waals surface area contributed by atoms with Gasteiger partial charge in [0.15, 0.2) is 6.10 Å². The molecule has 0 aliphatic heterocycles. The molecule has 0 aromatic heterocycles. The summed E-state index contributed by atoms with van der Waals surface area (Å²) in [6.45, 7) is 0. The van der Waals surface area contributed by atoms with Crippen molar-refractivity contribution in [2.45, 2.75) is 24.2 Å². The van der Waals surface area contributed by atoms with Gasteiger partial charge in [-0.1, -0.05) is 72.8 Å². The minimum atomic E-state index is -4.54. The average molecular weight is 457 g/mol. The highest BCUT2D eigenvalue weighted by molar-refractivity contribution is 5.88. The maximum absolute atomic E-state index is 12.8. The second kappa shape index (κ2) is 10.3. The van der Waals surface area contributed by atoms with E-state index >= 15 is 0 Å². The lowest BCUT2D eigenvalue weighted by molar-refractivity contribution is -0.146. The first-order chi connectivity index (χ1) is 15.7. The monoisotopic (exact) mass is 457 g/mol. The molecule has 0 aliphatic carbocycles. The Morgan fingerprint density at radius 1 is 0.818 bits per heavy atom. The van der Waals surface area contributed by atoms with Crippen molar-refractivity contribution in [2.75, 3.05) is 7.11 Å². The summed E-state index contributed by atoms with van der Waals surface area (Å²) in [5.74, 6) is -2.31. The Balaban J connectivity index is 1.92. The van der Waals surface area contributed by atoms with Gasteiger partial charge in [0, 0.05) is 5.92 Å². The van der Waals surface area contributed by atoms with Crippen LogP contribution in [0, 0.1) is 0 Å². The van der Waals surface area contributed by atoms with E-state index in [0.717, 1.165) is 35.4 Å². The van der Waals surface area contributed by atoms with Crippen LogP contribution in [0.15, 0.2) is 84.9 Å². The third-order valence-corrected chi connectivity index (χ3v) is 5.21. The number of methoxy groups -OCH3 is 1. The van der Waals surface area contributed by atoms with Crippen molar-refractivity contribution in [1.82, 2.24) is 5.32 Å². The maximum Gasteiger partial charge on any atom is 0.416 e. The van der Waals surface area contributed by atoms with Crippen molar-refractivity contribution < 1.29 is 32.6 Å². The number of hydrogen-bond donors (Lipinski definition) is 2. The Kier molecular flexibility index (Phi) is 7.50. The van der Waals surface area contributed by atoms with E-state index in [2.05, 4.69) is 5.32 Å². The largest absolute Gasteiger partial charge is 0.467 e. The minimum Gasteiger partial charge on any atom is -0.467 e. The van der Waals surface area contributed by atoms with Gasteiger partial charge in [-0.05, 0) is 28.8 Å². The van der Waals surface area contributed by atoms with Gasteiger partial charge in [0.25, 0.3) is 5.91 Å². The first-order valence-corrected chi connectivity index (χ1v) is 10.1. The van der Waals surface area contributed by atoms with Crippen LogP contribution in [0.3, 0.4) is 0 Å². The zero-order valence-electron chi connectivity index (χ0n) is 17.6. The molecule has 0 saturated carbocycles. The fraction of sp³-hybridized carbons (Fsp3) is 0.200. The first-order valence-electron chi connectivity index (χ1n) is 10.1. The number of carbonyl (C=O) groups excluding carboxylic acids is 2. The van der Waals surface area contributed by atoms with Crippen molar-refractivity contribution >= 4 is 11.9 Å². The predicted molar refractivity (Wildman–Crippen MR) is 115 cm³/mol. The van der Waals surface area contributed by atoms with E-state index in [1.54, 1.807) is 48.5 Å². The molecule has 33 heavy (non-hydrogen) atoms. The molecule has 1 amide bonds. The van der Waals surface area contributed by atoms with Crippen LogP contribution < -0.4 is 5.32 Å². The van der Waals surface area contributed by atoms with Gasteiger partial charge in [-0.3, -0.25) is 4.79 Å². The van der Waals surface area contributed by atoms with E-state index in [1.807, 2.05) is 12.1 Å². The second-order valence-corrected chi connectivity index (χ2v) is 7.33. The van der Waals surface area contributed by atoms with Gasteiger partial charge in [-0.15, -0.1) is 0 Å². The fourth-order valence-corrected chi connectivity index (χ4v) is 3.54. The maximum atomic E-state index is 12.8. The number of benzene rings is 3. The summed E-state index contributed by atoms with van der Waals surface area (Å²) in [7, 11) is 1.18. The molecule has 0 aliphatic rings. The van der Waals surface area contributed by atoms with E-state index in [4.69, 9.17) is 4.74 Å². The number of rotatable bonds is 7. The number of aliphatic hydroxyl groups is 1. The molecule has 0 fully saturated rings. The van der Waals surface area contributed by atoms with Gasteiger partial charge in [0.2, 0.25) is 0 Å². The Morgan fingerprint density at radius 2 is 1.30 bits per heavy atom. The Labute approximate surface area is 188 Å². The van der Waals surface area contributed by atoms with Gasteiger partial charge < -0.3 is 15.2 Å². The van der Waals surface area contributed by atoms with Crippen LogP contribution in [0.1, 0.15) is 34.3 Å². The highest BCUT2D eigenvalue weighted by atomic mass is 19.4. The number of nitrogens with one attached hydrogen (secondary N) is 1. The number of amides is 1. The van der Waals surface area contributed by atoms with Gasteiger partial charge in [0.05, 0.1) is 12.7 Å². The smallest absolute Gasteiger partial charge is 0.416 e. The van der Waals surface area contributed by atoms with E-state index in [0.29, 0.717) is 0 Å². The standard InChI is InChI=1S/C25H22F3NO4/c1-33-24(32)21(20(16-8-4-2-5-9-16)17-10-6-3-7-11-17)29-23(31)22(30)18-12-14-19(15-13-18)25(26,27)28/h2-15,20-22,30H,1H3,(H,29,31)/t21-,22-/m0/s1. The van der Waals surface area contributed by atoms with Crippen LogP contribution in [0.25, 0.3) is 0 Å². The number of aliphatic hydroxyl groups excluding tert-OH is 1. The van der Waals surface area contributed by atoms with Gasteiger partial charge in [-0.25, -0.2) is 4.79 Å². The highest BCUT2D eigenvalue weighted by Crippen LogP contribution is 2.31. The van der Waals surface area contributed by atoms with Crippen molar-refractivity contribution in [2.24, 2.45) is 0 Å². The first kappa shape index (κ1) is 24.0. The topological polar surface area (TPSA) is 75.6 Å². The molecular formula is C25H22F3NO4. The molecule has 172 valence electrons. The van der Waals surface area contributed by atoms with Crippen LogP contribution in [0.2, 0.25) is 0 Å². The van der Waals surface area contributed by atoms with Gasteiger partial charge in [0.1, 0.15) is 6.04 Å². The summed E-state index contributed by atoms with van der Waals surface area (Å²) in [5, 5.41) is 13.0. The zero-order valence-corrected chi connectivity index (χ0v) is 17.6. The lowest BCUT2D eigenvalue weighted by Crippen LogP contribution is -2.47. The molecule has 0 spiro atoms. The van der Waals surface area contributed by atoms with Gasteiger partial charge in [-0.2, -0.15) is 13.2 Å². The summed E-state index contributed by atoms with van der Waals surface area (Å²) < 4.78 is 43.3. The molecule has 0 unspecified atom stereocenters. The summed E-state index contributed by atoms with van der Waals surface area (Å²) in [5.41, 5.74) is 0.506. The number of carbonyl (C=O) groups is 2. The lowest BCUT2D eigenvalue weighted by Gasteiger charge is -2.28. The SMILES string of the molecule is COC(=O)[C@@H](NC(=O)[C@@H](O)c1ccc(C(F)(F)F)cc1)C(c1ccccc1)c1ccccc1. The molecule has 2 N–H and O–H groups in total. The van der Waals surface area contributed by atoms with E-state index < -0.39 is 41.7 Å². The summed E-state index contributed by atoms with van der Waals surface area (Å²) in [6.07, 6.45) is -6.33. The van der Waals surface area contributed by atoms with Crippen molar-refractivity contribution in [3.63, 3.8) is 0 Å². The summed E-state index contributed by atoms with van der Waals surface area (Å²) >= 11 is 0. The van der Waals surface area contributed by atoms with Crippen molar-refractivity contribution in [1.29, 1.82) is 0 Å². The molecule has 2 atom stereocenters. The third-order valence-electron chi connectivity index (χ3n) is 5.21. The second-order valence-electron chi connectivity index (χ2n) is 7.33. The van der Waals surface area contributed by atoms with Crippen LogP contribution in [0.4, 0.5) is 13.2 Å². The molecule has 0 saturated heterocycles. The van der Waals surface area contributed by atoms with Crippen molar-refractivity contribution in [3.05, 3.63) is 107 Å². The molecule has 0 radical (unpaired) electrons. The van der Waals surface area contributed by atoms with E-state index in [9.17, 15) is 27.9 Å². The van der Waals surface area contributed by atoms with E-state index in [-0.39, 0.29) is 5.56 Å². The molecule has 0 bridgehead atoms. The lowest BCUT2D eigenvalue weighted by atomic mass is 9.84. The Hall–Kier alpha value is -3.65. The number of alkyl halides is 3. The number of hydrogen-bond acceptors (Lipinski definition) is 4. The number of esters is 1. The molecule has 3 aromatic carbocycles. The zero-order chi connectivity index (χ0) is 24.0. The number of ether oxygens (including phenoxy) is 1. The summed E-state index contributed by atoms with van der Waals surface area (Å²) in [6, 6.07) is 20.4. The van der Waals surface area contributed by atoms with Crippen molar-refractivity contribution in [3.8, 4) is 0 Å². The Bertz CT molecular complexity index is 1030.